The first-order chi connectivity index (χ1) is 13.1. The fourth-order valence-electron chi connectivity index (χ4n) is 3.75. The monoisotopic (exact) mass is 389 g/mol. The summed E-state index contributed by atoms with van der Waals surface area (Å²) in [5.74, 6) is 0.510. The molecule has 1 saturated heterocycles. The maximum Gasteiger partial charge on any atom is 0.230 e. The lowest BCUT2D eigenvalue weighted by Crippen LogP contribution is -2.43. The Balaban J connectivity index is 1.46. The van der Waals surface area contributed by atoms with E-state index >= 15 is 0 Å². The lowest BCUT2D eigenvalue weighted by atomic mass is 9.94. The van der Waals surface area contributed by atoms with E-state index in [4.69, 9.17) is 16.3 Å². The maximum atomic E-state index is 13.2. The molecule has 1 aromatic heterocycles. The molecule has 2 aromatic rings. The molecule has 4 rings (SSSR count). The molecule has 27 heavy (non-hydrogen) atoms. The van der Waals surface area contributed by atoms with Gasteiger partial charge in [-0.15, -0.1) is 0 Å². The summed E-state index contributed by atoms with van der Waals surface area (Å²) in [6.07, 6.45) is 2.72. The van der Waals surface area contributed by atoms with Crippen molar-refractivity contribution in [2.75, 3.05) is 36.0 Å². The highest BCUT2D eigenvalue weighted by Crippen LogP contribution is 2.31. The first kappa shape index (κ1) is 18.2. The number of carbonyl (C=O) groups excluding carboxylic acids is 1. The zero-order valence-electron chi connectivity index (χ0n) is 14.9. The molecule has 0 atom stereocenters. The lowest BCUT2D eigenvalue weighted by molar-refractivity contribution is -0.123. The minimum Gasteiger partial charge on any atom is -0.375 e. The normalized spacial score (nSPS) is 18.1. The molecule has 0 saturated carbocycles. The minimum absolute atomic E-state index is 0.0386. The molecule has 1 amide bonds. The number of halogens is 2. The number of hydrogen-bond acceptors (Lipinski definition) is 4. The molecule has 2 aliphatic heterocycles. The molecule has 3 heterocycles. The number of aromatic nitrogens is 1. The van der Waals surface area contributed by atoms with E-state index in [2.05, 4.69) is 9.88 Å². The van der Waals surface area contributed by atoms with Crippen molar-refractivity contribution in [1.82, 2.24) is 4.98 Å². The first-order valence-electron chi connectivity index (χ1n) is 9.16. The summed E-state index contributed by atoms with van der Waals surface area (Å²) in [4.78, 5) is 21.3. The van der Waals surface area contributed by atoms with E-state index in [0.29, 0.717) is 24.8 Å². The Morgan fingerprint density at radius 1 is 1.19 bits per heavy atom. The van der Waals surface area contributed by atoms with Gasteiger partial charge in [0, 0.05) is 41.8 Å². The van der Waals surface area contributed by atoms with Crippen LogP contribution in [-0.4, -0.2) is 37.1 Å². The van der Waals surface area contributed by atoms with Gasteiger partial charge in [0.15, 0.2) is 0 Å². The zero-order valence-corrected chi connectivity index (χ0v) is 15.7. The van der Waals surface area contributed by atoms with Gasteiger partial charge in [-0.05, 0) is 43.2 Å². The molecule has 0 N–H and O–H groups in total. The highest BCUT2D eigenvalue weighted by molar-refractivity contribution is 6.30. The van der Waals surface area contributed by atoms with Crippen molar-refractivity contribution >= 4 is 29.0 Å². The third-order valence-corrected chi connectivity index (χ3v) is 5.43. The first-order valence-corrected chi connectivity index (χ1v) is 9.53. The van der Waals surface area contributed by atoms with Crippen LogP contribution in [0.25, 0.3) is 0 Å². The minimum atomic E-state index is -0.342. The Morgan fingerprint density at radius 3 is 2.74 bits per heavy atom. The van der Waals surface area contributed by atoms with Gasteiger partial charge in [0.25, 0.3) is 0 Å². The third kappa shape index (κ3) is 3.92. The summed E-state index contributed by atoms with van der Waals surface area (Å²) in [5.41, 5.74) is 1.84. The number of rotatable bonds is 2. The molecule has 7 heteroatoms. The number of nitrogens with zero attached hydrogens (tertiary/aromatic N) is 3. The van der Waals surface area contributed by atoms with Crippen molar-refractivity contribution in [2.45, 2.75) is 19.4 Å². The highest BCUT2D eigenvalue weighted by Gasteiger charge is 2.31. The van der Waals surface area contributed by atoms with Crippen LogP contribution in [0.3, 0.4) is 0 Å². The van der Waals surface area contributed by atoms with Crippen molar-refractivity contribution in [1.29, 1.82) is 0 Å². The molecule has 142 valence electrons. The summed E-state index contributed by atoms with van der Waals surface area (Å²) < 4.78 is 18.7. The van der Waals surface area contributed by atoms with Crippen molar-refractivity contribution in [3.8, 4) is 0 Å². The molecular weight excluding hydrogens is 369 g/mol. The number of fused-ring (bicyclic) bond motifs is 1. The van der Waals surface area contributed by atoms with Gasteiger partial charge in [-0.25, -0.2) is 9.37 Å². The summed E-state index contributed by atoms with van der Waals surface area (Å²) in [6.45, 7) is 2.98. The standard InChI is InChI=1S/C20H21ClFN3O2/c21-16-1-3-18-15(11-16)13-27-10-9-25(18)20(26)14-5-7-24(8-6-14)19-4-2-17(22)12-23-19/h1-4,11-12,14H,5-10,13H2. The van der Waals surface area contributed by atoms with Crippen molar-refractivity contribution in [3.05, 3.63) is 52.9 Å². The fourth-order valence-corrected chi connectivity index (χ4v) is 3.95. The second-order valence-corrected chi connectivity index (χ2v) is 7.35. The Bertz CT molecular complexity index is 822. The second-order valence-electron chi connectivity index (χ2n) is 6.91. The second kappa shape index (κ2) is 7.82. The molecule has 5 nitrogen and oxygen atoms in total. The summed E-state index contributed by atoms with van der Waals surface area (Å²) in [7, 11) is 0. The molecule has 0 unspecified atom stereocenters. The molecule has 0 spiro atoms. The predicted molar refractivity (Wildman–Crippen MR) is 103 cm³/mol. The smallest absolute Gasteiger partial charge is 0.230 e. The average Bonchev–Trinajstić information content (AvgIpc) is 2.90. The van der Waals surface area contributed by atoms with Crippen LogP contribution in [0.1, 0.15) is 18.4 Å². The van der Waals surface area contributed by atoms with Crippen LogP contribution in [0.2, 0.25) is 5.02 Å². The summed E-state index contributed by atoms with van der Waals surface area (Å²) >= 11 is 6.10. The fraction of sp³-hybridized carbons (Fsp3) is 0.400. The molecule has 2 aliphatic rings. The van der Waals surface area contributed by atoms with Crippen LogP contribution in [-0.2, 0) is 16.1 Å². The molecular formula is C20H21ClFN3O2. The Morgan fingerprint density at radius 2 is 2.00 bits per heavy atom. The van der Waals surface area contributed by atoms with E-state index < -0.39 is 0 Å². The Hall–Kier alpha value is -2.18. The van der Waals surface area contributed by atoms with Crippen molar-refractivity contribution < 1.29 is 13.9 Å². The number of hydrogen-bond donors (Lipinski definition) is 0. The van der Waals surface area contributed by atoms with Crippen LogP contribution in [0.5, 0.6) is 0 Å². The lowest BCUT2D eigenvalue weighted by Gasteiger charge is -2.34. The van der Waals surface area contributed by atoms with Gasteiger partial charge in [-0.3, -0.25) is 4.79 Å². The number of ether oxygens (including phenoxy) is 1. The number of amides is 1. The largest absolute Gasteiger partial charge is 0.375 e. The number of piperidine rings is 1. The van der Waals surface area contributed by atoms with E-state index in [1.54, 1.807) is 6.07 Å². The van der Waals surface area contributed by atoms with E-state index in [1.165, 1.54) is 12.3 Å². The summed E-state index contributed by atoms with van der Waals surface area (Å²) in [5, 5.41) is 0.645. The number of anilines is 2. The van der Waals surface area contributed by atoms with Gasteiger partial charge in [-0.2, -0.15) is 0 Å². The molecule has 0 aliphatic carbocycles. The van der Waals surface area contributed by atoms with Gasteiger partial charge in [-0.1, -0.05) is 11.6 Å². The molecule has 0 bridgehead atoms. The van der Waals surface area contributed by atoms with Gasteiger partial charge < -0.3 is 14.5 Å². The number of pyridine rings is 1. The van der Waals surface area contributed by atoms with Crippen LogP contribution >= 0.6 is 11.6 Å². The van der Waals surface area contributed by atoms with Gasteiger partial charge >= 0.3 is 0 Å². The Labute approximate surface area is 162 Å². The van der Waals surface area contributed by atoms with Crippen LogP contribution < -0.4 is 9.80 Å². The van der Waals surface area contributed by atoms with Crippen molar-refractivity contribution in [3.63, 3.8) is 0 Å². The molecule has 0 radical (unpaired) electrons. The highest BCUT2D eigenvalue weighted by atomic mass is 35.5. The van der Waals surface area contributed by atoms with Crippen LogP contribution in [0.15, 0.2) is 36.5 Å². The van der Waals surface area contributed by atoms with Gasteiger partial charge in [0.1, 0.15) is 11.6 Å². The van der Waals surface area contributed by atoms with Gasteiger partial charge in [0.05, 0.1) is 19.4 Å². The number of benzene rings is 1. The molecule has 1 fully saturated rings. The quantitative estimate of drug-likeness (QED) is 0.786. The van der Waals surface area contributed by atoms with E-state index in [0.717, 1.165) is 43.0 Å². The SMILES string of the molecule is O=C(C1CCN(c2ccc(F)cn2)CC1)N1CCOCc2cc(Cl)ccc21. The summed E-state index contributed by atoms with van der Waals surface area (Å²) in [6, 6.07) is 8.68. The molecule has 1 aromatic carbocycles. The maximum absolute atomic E-state index is 13.2. The van der Waals surface area contributed by atoms with Crippen LogP contribution in [0, 0.1) is 11.7 Å². The van der Waals surface area contributed by atoms with E-state index in [1.807, 2.05) is 23.1 Å². The topological polar surface area (TPSA) is 45.7 Å². The Kier molecular flexibility index (Phi) is 5.27. The van der Waals surface area contributed by atoms with Crippen LogP contribution in [0.4, 0.5) is 15.9 Å². The van der Waals surface area contributed by atoms with E-state index in [-0.39, 0.29) is 17.6 Å². The third-order valence-electron chi connectivity index (χ3n) is 5.20. The zero-order chi connectivity index (χ0) is 18.8. The average molecular weight is 390 g/mol. The van der Waals surface area contributed by atoms with Crippen molar-refractivity contribution in [2.24, 2.45) is 5.92 Å². The van der Waals surface area contributed by atoms with E-state index in [9.17, 15) is 9.18 Å². The predicted octanol–water partition coefficient (Wildman–Crippen LogP) is 3.65. The number of carbonyl (C=O) groups is 1. The van der Waals surface area contributed by atoms with Gasteiger partial charge in [0.2, 0.25) is 5.91 Å².